The van der Waals surface area contributed by atoms with Gasteiger partial charge < -0.3 is 15.1 Å². The molecule has 26 heavy (non-hydrogen) atoms. The van der Waals surface area contributed by atoms with Crippen LogP contribution in [0.25, 0.3) is 0 Å². The number of hydrogen-bond donors (Lipinski definition) is 1. The highest BCUT2D eigenvalue weighted by Crippen LogP contribution is 2.30. The summed E-state index contributed by atoms with van der Waals surface area (Å²) in [5.74, 6) is 2.12. The third-order valence-corrected chi connectivity index (χ3v) is 6.03. The van der Waals surface area contributed by atoms with Crippen molar-refractivity contribution in [1.29, 1.82) is 0 Å². The van der Waals surface area contributed by atoms with E-state index in [9.17, 15) is 4.79 Å². The zero-order chi connectivity index (χ0) is 18.4. The van der Waals surface area contributed by atoms with Crippen molar-refractivity contribution in [2.75, 3.05) is 39.8 Å². The summed E-state index contributed by atoms with van der Waals surface area (Å²) in [6.07, 6.45) is 9.00. The Morgan fingerprint density at radius 2 is 1.88 bits per heavy atom. The minimum atomic E-state index is 0.240. The van der Waals surface area contributed by atoms with Crippen LogP contribution in [-0.2, 0) is 11.3 Å². The van der Waals surface area contributed by atoms with Crippen LogP contribution in [0.3, 0.4) is 0 Å². The Hall–Kier alpha value is -1.05. The molecule has 0 aromatic carbocycles. The fraction of sp³-hybridized carbons (Fsp3) is 0.737. The Morgan fingerprint density at radius 3 is 2.62 bits per heavy atom. The van der Waals surface area contributed by atoms with Crippen LogP contribution in [0.2, 0.25) is 0 Å². The Kier molecular flexibility index (Phi) is 7.40. The molecule has 1 saturated heterocycles. The highest BCUT2D eigenvalue weighted by molar-refractivity contribution is 9.10. The lowest BCUT2D eigenvalue weighted by Gasteiger charge is -2.31. The maximum absolute atomic E-state index is 12.8. The van der Waals surface area contributed by atoms with Gasteiger partial charge in [0, 0.05) is 37.9 Å². The molecule has 0 bridgehead atoms. The van der Waals surface area contributed by atoms with Gasteiger partial charge in [-0.2, -0.15) is 0 Å². The maximum Gasteiger partial charge on any atom is 0.225 e. The van der Waals surface area contributed by atoms with Gasteiger partial charge >= 0.3 is 0 Å². The quantitative estimate of drug-likeness (QED) is 0.786. The number of halogens is 1. The average molecular weight is 424 g/mol. The number of rotatable bonds is 5. The maximum atomic E-state index is 12.8. The van der Waals surface area contributed by atoms with Gasteiger partial charge in [0.05, 0.1) is 11.0 Å². The third-order valence-electron chi connectivity index (χ3n) is 5.62. The van der Waals surface area contributed by atoms with E-state index in [0.717, 1.165) is 75.1 Å². The summed E-state index contributed by atoms with van der Waals surface area (Å²) < 4.78 is 0.903. The van der Waals surface area contributed by atoms with E-state index in [1.54, 1.807) is 12.4 Å². The summed E-state index contributed by atoms with van der Waals surface area (Å²) in [6, 6.07) is 0. The molecule has 0 unspecified atom stereocenters. The molecule has 0 radical (unpaired) electrons. The molecule has 1 amide bonds. The van der Waals surface area contributed by atoms with Crippen LogP contribution in [0.4, 0.5) is 0 Å². The van der Waals surface area contributed by atoms with Crippen LogP contribution in [0.1, 0.15) is 37.9 Å². The van der Waals surface area contributed by atoms with Gasteiger partial charge in [-0.25, -0.2) is 9.97 Å². The molecule has 1 aromatic rings. The highest BCUT2D eigenvalue weighted by Gasteiger charge is 2.29. The molecule has 0 atom stereocenters. The second-order valence-electron chi connectivity index (χ2n) is 7.65. The number of carbonyl (C=O) groups is 1. The van der Waals surface area contributed by atoms with Crippen LogP contribution in [0.15, 0.2) is 16.9 Å². The van der Waals surface area contributed by atoms with E-state index in [-0.39, 0.29) is 5.92 Å². The molecule has 1 N–H and O–H groups in total. The Balaban J connectivity index is 1.37. The molecule has 2 heterocycles. The second kappa shape index (κ2) is 9.76. The first-order chi connectivity index (χ1) is 12.6. The van der Waals surface area contributed by atoms with Gasteiger partial charge in [-0.1, -0.05) is 0 Å². The summed E-state index contributed by atoms with van der Waals surface area (Å²) in [5.41, 5.74) is 0. The number of nitrogens with one attached hydrogen (secondary N) is 1. The normalized spacial score (nSPS) is 25.1. The number of amides is 1. The largest absolute Gasteiger partial charge is 0.341 e. The van der Waals surface area contributed by atoms with Gasteiger partial charge in [0.1, 0.15) is 5.82 Å². The van der Waals surface area contributed by atoms with E-state index in [1.165, 1.54) is 0 Å². The predicted octanol–water partition coefficient (Wildman–Crippen LogP) is 2.30. The van der Waals surface area contributed by atoms with Gasteiger partial charge in [0.15, 0.2) is 0 Å². The number of carbonyl (C=O) groups excluding carboxylic acids is 1. The lowest BCUT2D eigenvalue weighted by Crippen LogP contribution is -2.40. The van der Waals surface area contributed by atoms with E-state index in [1.807, 2.05) is 0 Å². The van der Waals surface area contributed by atoms with E-state index < -0.39 is 0 Å². The zero-order valence-corrected chi connectivity index (χ0v) is 17.2. The number of likely N-dealkylation sites (N-methyl/N-ethyl adjacent to an activating group) is 1. The minimum absolute atomic E-state index is 0.240. The summed E-state index contributed by atoms with van der Waals surface area (Å²) in [5, 5.41) is 3.47. The van der Waals surface area contributed by atoms with Crippen molar-refractivity contribution in [2.45, 2.75) is 38.6 Å². The molecular formula is C19H30BrN5O. The Labute approximate surface area is 164 Å². The molecule has 2 fully saturated rings. The molecule has 1 aliphatic heterocycles. The first-order valence-electron chi connectivity index (χ1n) is 9.76. The molecular weight excluding hydrogens is 394 g/mol. The standard InChI is InChI=1S/C19H30BrN5O/c1-24-7-2-8-25(10-9-24)19(26)16-5-3-15(4-6-16)11-21-14-18-22-12-17(20)13-23-18/h12-13,15-16,21H,2-11,14H2,1H3. The van der Waals surface area contributed by atoms with Crippen LogP contribution in [0.5, 0.6) is 0 Å². The molecule has 2 aliphatic rings. The lowest BCUT2D eigenvalue weighted by atomic mass is 9.81. The van der Waals surface area contributed by atoms with Crippen LogP contribution < -0.4 is 5.32 Å². The molecule has 6 nitrogen and oxygen atoms in total. The monoisotopic (exact) mass is 423 g/mol. The summed E-state index contributed by atoms with van der Waals surface area (Å²) in [7, 11) is 2.14. The SMILES string of the molecule is CN1CCCN(C(=O)C2CCC(CNCc3ncc(Br)cn3)CC2)CC1. The summed E-state index contributed by atoms with van der Waals surface area (Å²) in [4.78, 5) is 25.8. The van der Waals surface area contributed by atoms with Crippen LogP contribution in [-0.4, -0.2) is 65.4 Å². The first kappa shape index (κ1) is 19.7. The predicted molar refractivity (Wildman–Crippen MR) is 106 cm³/mol. The lowest BCUT2D eigenvalue weighted by molar-refractivity contribution is -0.136. The Morgan fingerprint density at radius 1 is 1.15 bits per heavy atom. The summed E-state index contributed by atoms with van der Waals surface area (Å²) in [6.45, 7) is 5.61. The van der Waals surface area contributed by atoms with E-state index in [2.05, 4.69) is 48.1 Å². The summed E-state index contributed by atoms with van der Waals surface area (Å²) >= 11 is 3.35. The Bertz CT molecular complexity index is 574. The van der Waals surface area contributed by atoms with E-state index in [4.69, 9.17) is 0 Å². The van der Waals surface area contributed by atoms with Crippen LogP contribution >= 0.6 is 15.9 Å². The highest BCUT2D eigenvalue weighted by atomic mass is 79.9. The van der Waals surface area contributed by atoms with Crippen LogP contribution in [0, 0.1) is 11.8 Å². The van der Waals surface area contributed by atoms with E-state index >= 15 is 0 Å². The van der Waals surface area contributed by atoms with Gasteiger partial charge in [0.25, 0.3) is 0 Å². The van der Waals surface area contributed by atoms with Gasteiger partial charge in [-0.05, 0) is 74.1 Å². The van der Waals surface area contributed by atoms with Crippen molar-refractivity contribution in [3.63, 3.8) is 0 Å². The molecule has 1 saturated carbocycles. The average Bonchev–Trinajstić information content (AvgIpc) is 2.88. The van der Waals surface area contributed by atoms with Gasteiger partial charge in [-0.3, -0.25) is 4.79 Å². The fourth-order valence-electron chi connectivity index (χ4n) is 3.96. The number of aromatic nitrogens is 2. The van der Waals surface area contributed by atoms with Crippen molar-refractivity contribution in [3.05, 3.63) is 22.7 Å². The number of nitrogens with zero attached hydrogens (tertiary/aromatic N) is 4. The molecule has 0 spiro atoms. The van der Waals surface area contributed by atoms with Crippen molar-refractivity contribution in [3.8, 4) is 0 Å². The minimum Gasteiger partial charge on any atom is -0.341 e. The fourth-order valence-corrected chi connectivity index (χ4v) is 4.16. The first-order valence-corrected chi connectivity index (χ1v) is 10.6. The van der Waals surface area contributed by atoms with Gasteiger partial charge in [-0.15, -0.1) is 0 Å². The van der Waals surface area contributed by atoms with Crippen molar-refractivity contribution >= 4 is 21.8 Å². The third kappa shape index (κ3) is 5.72. The van der Waals surface area contributed by atoms with Crippen molar-refractivity contribution in [2.24, 2.45) is 11.8 Å². The molecule has 1 aliphatic carbocycles. The number of hydrogen-bond acceptors (Lipinski definition) is 5. The molecule has 3 rings (SSSR count). The zero-order valence-electron chi connectivity index (χ0n) is 15.7. The molecule has 7 heteroatoms. The van der Waals surface area contributed by atoms with Crippen molar-refractivity contribution < 1.29 is 4.79 Å². The molecule has 1 aromatic heterocycles. The molecule has 144 valence electrons. The van der Waals surface area contributed by atoms with Crippen molar-refractivity contribution in [1.82, 2.24) is 25.1 Å². The van der Waals surface area contributed by atoms with E-state index in [0.29, 0.717) is 18.4 Å². The second-order valence-corrected chi connectivity index (χ2v) is 8.56. The van der Waals surface area contributed by atoms with Gasteiger partial charge in [0.2, 0.25) is 5.91 Å². The smallest absolute Gasteiger partial charge is 0.225 e. The topological polar surface area (TPSA) is 61.4 Å².